The maximum Gasteiger partial charge on any atom is 0.238 e. The number of carbonyl (C=O) groups is 2. The van der Waals surface area contributed by atoms with Crippen LogP contribution in [0.25, 0.3) is 0 Å². The van der Waals surface area contributed by atoms with E-state index in [0.29, 0.717) is 25.8 Å². The number of amides is 1. The summed E-state index contributed by atoms with van der Waals surface area (Å²) >= 11 is 0. The molecule has 1 aromatic carbocycles. The first-order valence-electron chi connectivity index (χ1n) is 8.35. The van der Waals surface area contributed by atoms with E-state index in [9.17, 15) is 23.1 Å². The van der Waals surface area contributed by atoms with Crippen LogP contribution in [0.5, 0.6) is 0 Å². The number of hydrogen-bond donors (Lipinski definition) is 2. The zero-order valence-corrected chi connectivity index (χ0v) is 15.6. The van der Waals surface area contributed by atoms with Crippen molar-refractivity contribution in [2.75, 3.05) is 6.54 Å². The van der Waals surface area contributed by atoms with Gasteiger partial charge in [-0.1, -0.05) is 23.3 Å². The Morgan fingerprint density at radius 1 is 1.12 bits per heavy atom. The summed E-state index contributed by atoms with van der Waals surface area (Å²) in [4.78, 5) is 23.8. The second-order valence-electron chi connectivity index (χ2n) is 6.73. The largest absolute Gasteiger partial charge is 0.550 e. The number of carboxylic acid groups (broad SMARTS) is 1. The van der Waals surface area contributed by atoms with Crippen molar-refractivity contribution in [2.45, 2.75) is 38.0 Å². The third kappa shape index (κ3) is 4.92. The van der Waals surface area contributed by atoms with Gasteiger partial charge in [-0.25, -0.2) is 13.6 Å². The highest BCUT2D eigenvalue weighted by molar-refractivity contribution is 7.89. The van der Waals surface area contributed by atoms with Crippen LogP contribution in [-0.4, -0.2) is 26.8 Å². The highest BCUT2D eigenvalue weighted by Gasteiger charge is 2.33. The van der Waals surface area contributed by atoms with Gasteiger partial charge in [-0.3, -0.25) is 4.79 Å². The van der Waals surface area contributed by atoms with Gasteiger partial charge in [-0.15, -0.1) is 0 Å². The molecule has 0 unspecified atom stereocenters. The summed E-state index contributed by atoms with van der Waals surface area (Å²) in [7, 11) is -3.73. The first-order chi connectivity index (χ1) is 12.1. The van der Waals surface area contributed by atoms with E-state index in [4.69, 9.17) is 5.14 Å². The van der Waals surface area contributed by atoms with Crippen molar-refractivity contribution in [2.24, 2.45) is 17.0 Å². The fourth-order valence-corrected chi connectivity index (χ4v) is 3.64. The Labute approximate surface area is 153 Å². The van der Waals surface area contributed by atoms with Gasteiger partial charge in [0.1, 0.15) is 0 Å². The third-order valence-corrected chi connectivity index (χ3v) is 5.80. The van der Waals surface area contributed by atoms with Crippen molar-refractivity contribution in [3.63, 3.8) is 0 Å². The van der Waals surface area contributed by atoms with Crippen LogP contribution in [0.2, 0.25) is 0 Å². The molecule has 0 bridgehead atoms. The number of nitrogens with two attached hydrogens (primary N) is 1. The number of rotatable bonds is 6. The summed E-state index contributed by atoms with van der Waals surface area (Å²) in [5, 5.41) is 19.2. The lowest BCUT2D eigenvalue weighted by atomic mass is 9.76. The lowest BCUT2D eigenvalue weighted by Crippen LogP contribution is -2.45. The van der Waals surface area contributed by atoms with Crippen molar-refractivity contribution in [3.8, 4) is 0 Å². The van der Waals surface area contributed by atoms with Crippen molar-refractivity contribution in [1.82, 2.24) is 5.32 Å². The highest BCUT2D eigenvalue weighted by atomic mass is 32.2. The number of nitrogens with one attached hydrogen (secondary N) is 1. The summed E-state index contributed by atoms with van der Waals surface area (Å²) in [6, 6.07) is 6.09. The molecule has 7 nitrogen and oxygen atoms in total. The van der Waals surface area contributed by atoms with Crippen LogP contribution >= 0.6 is 0 Å². The fraction of sp³-hybridized carbons (Fsp3) is 0.444. The van der Waals surface area contributed by atoms with Crippen LogP contribution in [0.3, 0.4) is 0 Å². The van der Waals surface area contributed by atoms with Gasteiger partial charge in [0.25, 0.3) is 0 Å². The Bertz CT molecular complexity index is 828. The molecule has 2 atom stereocenters. The molecule has 8 heteroatoms. The first-order valence-corrected chi connectivity index (χ1v) is 9.89. The van der Waals surface area contributed by atoms with Crippen LogP contribution in [0.1, 0.15) is 32.3 Å². The maximum atomic E-state index is 12.4. The average molecular weight is 379 g/mol. The molecule has 0 spiro atoms. The molecular weight excluding hydrogens is 356 g/mol. The first kappa shape index (κ1) is 20.1. The molecule has 0 fully saturated rings. The molecule has 2 rings (SSSR count). The molecule has 26 heavy (non-hydrogen) atoms. The van der Waals surface area contributed by atoms with Crippen molar-refractivity contribution in [3.05, 3.63) is 41.0 Å². The van der Waals surface area contributed by atoms with Crippen molar-refractivity contribution < 1.29 is 23.1 Å². The van der Waals surface area contributed by atoms with Gasteiger partial charge in [0.05, 0.1) is 4.90 Å². The van der Waals surface area contributed by atoms with Gasteiger partial charge in [0.15, 0.2) is 0 Å². The molecular formula is C18H23N2O5S-. The summed E-state index contributed by atoms with van der Waals surface area (Å²) in [5.74, 6) is -2.94. The zero-order valence-electron chi connectivity index (χ0n) is 14.8. The average Bonchev–Trinajstić information content (AvgIpc) is 2.56. The predicted molar refractivity (Wildman–Crippen MR) is 94.1 cm³/mol. The Hall–Kier alpha value is -2.19. The summed E-state index contributed by atoms with van der Waals surface area (Å²) in [5.41, 5.74) is 2.88. The molecule has 3 N–H and O–H groups in total. The van der Waals surface area contributed by atoms with E-state index in [1.54, 1.807) is 12.1 Å². The van der Waals surface area contributed by atoms with Gasteiger partial charge in [-0.2, -0.15) is 0 Å². The molecule has 0 aromatic heterocycles. The Kier molecular flexibility index (Phi) is 6.20. The Morgan fingerprint density at radius 3 is 2.15 bits per heavy atom. The van der Waals surface area contributed by atoms with Crippen molar-refractivity contribution in [1.29, 1.82) is 0 Å². The Morgan fingerprint density at radius 2 is 1.65 bits per heavy atom. The number of carboxylic acids is 1. The van der Waals surface area contributed by atoms with Crippen LogP contribution < -0.4 is 15.6 Å². The van der Waals surface area contributed by atoms with Crippen LogP contribution in [0.15, 0.2) is 40.3 Å². The van der Waals surface area contributed by atoms with E-state index in [1.807, 2.05) is 13.8 Å². The van der Waals surface area contributed by atoms with E-state index in [0.717, 1.165) is 16.7 Å². The molecule has 1 aromatic rings. The topological polar surface area (TPSA) is 129 Å². The molecule has 1 amide bonds. The molecule has 0 radical (unpaired) electrons. The second-order valence-corrected chi connectivity index (χ2v) is 8.29. The van der Waals surface area contributed by atoms with E-state index in [-0.39, 0.29) is 10.8 Å². The van der Waals surface area contributed by atoms with Gasteiger partial charge in [0.2, 0.25) is 15.9 Å². The second kappa shape index (κ2) is 8.01. The van der Waals surface area contributed by atoms with Crippen molar-refractivity contribution >= 4 is 21.9 Å². The zero-order chi connectivity index (χ0) is 19.5. The monoisotopic (exact) mass is 379 g/mol. The quantitative estimate of drug-likeness (QED) is 0.678. The summed E-state index contributed by atoms with van der Waals surface area (Å²) < 4.78 is 22.4. The number of allylic oxidation sites excluding steroid dienone is 2. The molecule has 1 aliphatic rings. The van der Waals surface area contributed by atoms with E-state index in [1.165, 1.54) is 12.1 Å². The summed E-state index contributed by atoms with van der Waals surface area (Å²) in [6.07, 6.45) is 1.24. The molecule has 0 saturated carbocycles. The summed E-state index contributed by atoms with van der Waals surface area (Å²) in [6.45, 7) is 4.12. The smallest absolute Gasteiger partial charge is 0.238 e. The fourth-order valence-electron chi connectivity index (χ4n) is 3.12. The number of aliphatic carboxylic acids is 1. The van der Waals surface area contributed by atoms with Gasteiger partial charge in [0, 0.05) is 24.3 Å². The minimum absolute atomic E-state index is 0.0296. The SMILES string of the molecule is CC1=C(C)C[C@H](C(=O)NCCc2ccc(S(N)(=O)=O)cc2)[C@@H](C(=O)[O-])C1. The predicted octanol–water partition coefficient (Wildman–Crippen LogP) is 0.105. The number of benzene rings is 1. The number of primary sulfonamides is 1. The van der Waals surface area contributed by atoms with Crippen LogP contribution in [-0.2, 0) is 26.0 Å². The van der Waals surface area contributed by atoms with Gasteiger partial charge >= 0.3 is 0 Å². The Balaban J connectivity index is 1.94. The highest BCUT2D eigenvalue weighted by Crippen LogP contribution is 2.33. The molecule has 0 aliphatic heterocycles. The van der Waals surface area contributed by atoms with Gasteiger partial charge < -0.3 is 15.2 Å². The maximum absolute atomic E-state index is 12.4. The van der Waals surface area contributed by atoms with Crippen LogP contribution in [0.4, 0.5) is 0 Å². The molecule has 0 heterocycles. The molecule has 0 saturated heterocycles. The normalized spacial score (nSPS) is 20.7. The third-order valence-electron chi connectivity index (χ3n) is 4.87. The standard InChI is InChI=1S/C18H24N2O5S/c1-11-9-15(16(18(22)23)10-12(11)2)17(21)20-8-7-13-3-5-14(6-4-13)26(19,24)25/h3-6,15-16H,7-10H2,1-2H3,(H,20,21)(H,22,23)(H2,19,24,25)/p-1/t15-,16-/m0/s1. The van der Waals surface area contributed by atoms with E-state index >= 15 is 0 Å². The number of hydrogen-bond acceptors (Lipinski definition) is 5. The lowest BCUT2D eigenvalue weighted by molar-refractivity contribution is -0.313. The minimum Gasteiger partial charge on any atom is -0.550 e. The minimum atomic E-state index is -3.73. The number of sulfonamides is 1. The molecule has 1 aliphatic carbocycles. The number of carbonyl (C=O) groups excluding carboxylic acids is 2. The van der Waals surface area contributed by atoms with Crippen LogP contribution in [0, 0.1) is 11.8 Å². The lowest BCUT2D eigenvalue weighted by Gasteiger charge is -2.32. The van der Waals surface area contributed by atoms with E-state index < -0.39 is 27.8 Å². The molecule has 142 valence electrons. The van der Waals surface area contributed by atoms with E-state index in [2.05, 4.69) is 5.32 Å². The van der Waals surface area contributed by atoms with Gasteiger partial charge in [-0.05, 0) is 50.8 Å².